The lowest BCUT2D eigenvalue weighted by atomic mass is 9.73. The van der Waals surface area contributed by atoms with E-state index in [0.717, 1.165) is 16.7 Å². The summed E-state index contributed by atoms with van der Waals surface area (Å²) in [6, 6.07) is 25.8. The minimum atomic E-state index is -0.593. The molecule has 134 valence electrons. The highest BCUT2D eigenvalue weighted by molar-refractivity contribution is 6.30. The van der Waals surface area contributed by atoms with Crippen molar-refractivity contribution in [2.75, 3.05) is 0 Å². The van der Waals surface area contributed by atoms with Crippen LogP contribution < -0.4 is 0 Å². The van der Waals surface area contributed by atoms with Gasteiger partial charge in [0.2, 0.25) is 0 Å². The Hall–Kier alpha value is -2.46. The van der Waals surface area contributed by atoms with Gasteiger partial charge >= 0.3 is 0 Å². The molecule has 0 aliphatic rings. The fourth-order valence-corrected chi connectivity index (χ4v) is 3.32. The first-order chi connectivity index (χ1) is 13.0. The van der Waals surface area contributed by atoms with Gasteiger partial charge in [0.05, 0.1) is 5.41 Å². The first-order valence-corrected chi connectivity index (χ1v) is 9.51. The zero-order chi connectivity index (χ0) is 19.3. The maximum atomic E-state index is 6.14. The Morgan fingerprint density at radius 2 is 1.22 bits per heavy atom. The van der Waals surface area contributed by atoms with E-state index in [1.165, 1.54) is 5.57 Å². The smallest absolute Gasteiger partial charge is 0.0843 e. The van der Waals surface area contributed by atoms with Crippen LogP contribution in [0.1, 0.15) is 30.5 Å². The van der Waals surface area contributed by atoms with Crippen LogP contribution in [-0.2, 0) is 5.41 Å². The first-order valence-electron chi connectivity index (χ1n) is 8.76. The van der Waals surface area contributed by atoms with Gasteiger partial charge in [-0.2, -0.15) is 0 Å². The summed E-state index contributed by atoms with van der Waals surface area (Å²) in [7, 11) is 0. The molecule has 0 unspecified atom stereocenters. The van der Waals surface area contributed by atoms with E-state index in [2.05, 4.69) is 31.8 Å². The van der Waals surface area contributed by atoms with Crippen molar-refractivity contribution in [3.05, 3.63) is 117 Å². The SMILES string of the molecule is CC(C)=CC(C#Cc1ccccc1)(c1ccc(Cl)cc1)c1ccc(Cl)cc1. The maximum absolute atomic E-state index is 6.14. The van der Waals surface area contributed by atoms with Crippen LogP contribution >= 0.6 is 23.2 Å². The van der Waals surface area contributed by atoms with E-state index < -0.39 is 5.41 Å². The predicted octanol–water partition coefficient (Wildman–Crippen LogP) is 7.30. The van der Waals surface area contributed by atoms with Gasteiger partial charge in [-0.25, -0.2) is 0 Å². The van der Waals surface area contributed by atoms with Crippen LogP contribution in [0, 0.1) is 11.8 Å². The molecule has 27 heavy (non-hydrogen) atoms. The Labute approximate surface area is 171 Å². The largest absolute Gasteiger partial charge is 0.0999 e. The number of hydrogen-bond donors (Lipinski definition) is 0. The first kappa shape index (κ1) is 19.3. The molecule has 0 amide bonds. The van der Waals surface area contributed by atoms with Crippen molar-refractivity contribution in [2.45, 2.75) is 19.3 Å². The Kier molecular flexibility index (Phi) is 6.07. The van der Waals surface area contributed by atoms with Crippen LogP contribution in [0.5, 0.6) is 0 Å². The normalized spacial score (nSPS) is 10.7. The third kappa shape index (κ3) is 4.64. The minimum absolute atomic E-state index is 0.593. The Morgan fingerprint density at radius 3 is 1.67 bits per heavy atom. The maximum Gasteiger partial charge on any atom is 0.0999 e. The summed E-state index contributed by atoms with van der Waals surface area (Å²) in [5, 5.41) is 1.41. The second-order valence-electron chi connectivity index (χ2n) is 6.66. The number of hydrogen-bond acceptors (Lipinski definition) is 0. The van der Waals surface area contributed by atoms with Gasteiger partial charge in [0.25, 0.3) is 0 Å². The van der Waals surface area contributed by atoms with Gasteiger partial charge in [-0.05, 0) is 61.4 Å². The van der Waals surface area contributed by atoms with Gasteiger partial charge in [-0.3, -0.25) is 0 Å². The van der Waals surface area contributed by atoms with Crippen LogP contribution in [0.3, 0.4) is 0 Å². The lowest BCUT2D eigenvalue weighted by Crippen LogP contribution is -2.24. The Bertz CT molecular complexity index is 937. The van der Waals surface area contributed by atoms with E-state index in [4.69, 9.17) is 23.2 Å². The molecule has 0 fully saturated rings. The van der Waals surface area contributed by atoms with Crippen LogP contribution in [0.4, 0.5) is 0 Å². The zero-order valence-corrected chi connectivity index (χ0v) is 16.9. The molecule has 0 saturated carbocycles. The molecule has 3 aromatic carbocycles. The number of benzene rings is 3. The summed E-state index contributed by atoms with van der Waals surface area (Å²) < 4.78 is 0. The highest BCUT2D eigenvalue weighted by Gasteiger charge is 2.30. The van der Waals surface area contributed by atoms with Crippen LogP contribution in [-0.4, -0.2) is 0 Å². The summed E-state index contributed by atoms with van der Waals surface area (Å²) >= 11 is 12.3. The van der Waals surface area contributed by atoms with Crippen LogP contribution in [0.15, 0.2) is 90.5 Å². The molecular formula is C25H20Cl2. The fourth-order valence-electron chi connectivity index (χ4n) is 3.06. The molecule has 3 rings (SSSR count). The van der Waals surface area contributed by atoms with Crippen molar-refractivity contribution in [2.24, 2.45) is 0 Å². The standard InChI is InChI=1S/C25H20Cl2/c1-19(2)18-25(21-8-12-23(26)13-9-21,22-10-14-24(27)15-11-22)17-16-20-6-4-3-5-7-20/h3-15,18H,1-2H3. The van der Waals surface area contributed by atoms with E-state index in [-0.39, 0.29) is 0 Å². The second kappa shape index (κ2) is 8.49. The van der Waals surface area contributed by atoms with Gasteiger partial charge in [0.15, 0.2) is 0 Å². The molecule has 0 aromatic heterocycles. The molecule has 0 aliphatic heterocycles. The molecule has 0 nitrogen and oxygen atoms in total. The molecule has 0 bridgehead atoms. The van der Waals surface area contributed by atoms with Crippen LogP contribution in [0.25, 0.3) is 0 Å². The second-order valence-corrected chi connectivity index (χ2v) is 7.53. The van der Waals surface area contributed by atoms with Gasteiger partial charge in [-0.1, -0.05) is 89.2 Å². The zero-order valence-electron chi connectivity index (χ0n) is 15.3. The third-order valence-corrected chi connectivity index (χ3v) is 4.79. The summed E-state index contributed by atoms with van der Waals surface area (Å²) in [5.74, 6) is 6.90. The molecule has 0 aliphatic carbocycles. The molecule has 0 N–H and O–H groups in total. The van der Waals surface area contributed by atoms with E-state index in [1.807, 2.05) is 78.9 Å². The average molecular weight is 391 g/mol. The third-order valence-electron chi connectivity index (χ3n) is 4.28. The van der Waals surface area contributed by atoms with Gasteiger partial charge in [0, 0.05) is 15.6 Å². The number of halogens is 2. The monoisotopic (exact) mass is 390 g/mol. The number of allylic oxidation sites excluding steroid dienone is 2. The highest BCUT2D eigenvalue weighted by atomic mass is 35.5. The van der Waals surface area contributed by atoms with Crippen molar-refractivity contribution >= 4 is 23.2 Å². The Morgan fingerprint density at radius 1 is 0.741 bits per heavy atom. The summed E-state index contributed by atoms with van der Waals surface area (Å²) in [6.45, 7) is 4.18. The topological polar surface area (TPSA) is 0 Å². The van der Waals surface area contributed by atoms with Crippen LogP contribution in [0.2, 0.25) is 10.0 Å². The highest BCUT2D eigenvalue weighted by Crippen LogP contribution is 2.36. The lowest BCUT2D eigenvalue weighted by molar-refractivity contribution is 0.837. The number of rotatable bonds is 3. The van der Waals surface area contributed by atoms with Crippen molar-refractivity contribution in [1.82, 2.24) is 0 Å². The van der Waals surface area contributed by atoms with Crippen molar-refractivity contribution < 1.29 is 0 Å². The van der Waals surface area contributed by atoms with E-state index in [0.29, 0.717) is 10.0 Å². The average Bonchev–Trinajstić information content (AvgIpc) is 2.67. The molecule has 0 saturated heterocycles. The van der Waals surface area contributed by atoms with Crippen molar-refractivity contribution in [1.29, 1.82) is 0 Å². The molecule has 0 atom stereocenters. The molecular weight excluding hydrogens is 371 g/mol. The van der Waals surface area contributed by atoms with Gasteiger partial charge in [-0.15, -0.1) is 0 Å². The van der Waals surface area contributed by atoms with E-state index in [1.54, 1.807) is 0 Å². The molecule has 0 heterocycles. The minimum Gasteiger partial charge on any atom is -0.0843 e. The van der Waals surface area contributed by atoms with Gasteiger partial charge in [0.1, 0.15) is 0 Å². The molecule has 3 aromatic rings. The summed E-state index contributed by atoms with van der Waals surface area (Å²) in [4.78, 5) is 0. The van der Waals surface area contributed by atoms with Gasteiger partial charge < -0.3 is 0 Å². The molecule has 0 radical (unpaired) electrons. The summed E-state index contributed by atoms with van der Waals surface area (Å²) in [5.41, 5.74) is 3.70. The lowest BCUT2D eigenvalue weighted by Gasteiger charge is -2.27. The summed E-state index contributed by atoms with van der Waals surface area (Å²) in [6.07, 6.45) is 2.20. The molecule has 2 heteroatoms. The van der Waals surface area contributed by atoms with Crippen molar-refractivity contribution in [3.63, 3.8) is 0 Å². The Balaban J connectivity index is 2.28. The van der Waals surface area contributed by atoms with E-state index in [9.17, 15) is 0 Å². The van der Waals surface area contributed by atoms with E-state index >= 15 is 0 Å². The fraction of sp³-hybridized carbons (Fsp3) is 0.120. The quantitative estimate of drug-likeness (QED) is 0.325. The predicted molar refractivity (Wildman–Crippen MR) is 116 cm³/mol. The van der Waals surface area contributed by atoms with Crippen molar-refractivity contribution in [3.8, 4) is 11.8 Å². The molecule has 0 spiro atoms.